The maximum absolute atomic E-state index is 10.7. The first-order valence-electron chi connectivity index (χ1n) is 4.72. The highest BCUT2D eigenvalue weighted by molar-refractivity contribution is 5.65. The van der Waals surface area contributed by atoms with Crippen molar-refractivity contribution < 1.29 is 9.66 Å². The van der Waals surface area contributed by atoms with E-state index in [-0.39, 0.29) is 5.69 Å². The molecule has 0 aliphatic rings. The lowest BCUT2D eigenvalue weighted by molar-refractivity contribution is -0.384. The van der Waals surface area contributed by atoms with E-state index in [0.29, 0.717) is 18.9 Å². The van der Waals surface area contributed by atoms with E-state index in [1.807, 2.05) is 13.0 Å². The fourth-order valence-corrected chi connectivity index (χ4v) is 1.36. The molecule has 0 aliphatic carbocycles. The Morgan fingerprint density at radius 1 is 1.53 bits per heavy atom. The van der Waals surface area contributed by atoms with Crippen molar-refractivity contribution in [1.82, 2.24) is 0 Å². The predicted octanol–water partition coefficient (Wildman–Crippen LogP) is 2.17. The van der Waals surface area contributed by atoms with Crippen LogP contribution in [0.4, 0.5) is 11.4 Å². The van der Waals surface area contributed by atoms with Crippen molar-refractivity contribution in [3.63, 3.8) is 0 Å². The van der Waals surface area contributed by atoms with Crippen LogP contribution >= 0.6 is 0 Å². The first kappa shape index (κ1) is 11.5. The molecule has 82 valence electrons. The number of hydrogen-bond donors (Lipinski definition) is 1. The van der Waals surface area contributed by atoms with Crippen LogP contribution in [0.15, 0.2) is 18.2 Å². The van der Waals surface area contributed by atoms with Crippen LogP contribution in [0.3, 0.4) is 0 Å². The molecule has 0 radical (unpaired) electrons. The normalized spacial score (nSPS) is 10.0. The molecule has 0 atom stereocenters. The molecule has 1 aromatic carbocycles. The van der Waals surface area contributed by atoms with Gasteiger partial charge in [-0.1, -0.05) is 12.1 Å². The number of anilines is 1. The van der Waals surface area contributed by atoms with E-state index in [1.165, 1.54) is 6.07 Å². The number of benzene rings is 1. The summed E-state index contributed by atoms with van der Waals surface area (Å²) in [6.45, 7) is 2.86. The average Bonchev–Trinajstić information content (AvgIpc) is 2.25. The maximum atomic E-state index is 10.7. The zero-order valence-electron chi connectivity index (χ0n) is 8.82. The second-order valence-electron chi connectivity index (χ2n) is 2.96. The molecule has 0 saturated heterocycles. The van der Waals surface area contributed by atoms with Gasteiger partial charge in [0.15, 0.2) is 0 Å². The van der Waals surface area contributed by atoms with Crippen molar-refractivity contribution >= 4 is 11.4 Å². The summed E-state index contributed by atoms with van der Waals surface area (Å²) in [5.41, 5.74) is 1.40. The van der Waals surface area contributed by atoms with E-state index in [4.69, 9.17) is 4.74 Å². The largest absolute Gasteiger partial charge is 0.382 e. The van der Waals surface area contributed by atoms with Gasteiger partial charge in [0.1, 0.15) is 5.69 Å². The summed E-state index contributed by atoms with van der Waals surface area (Å²) in [6, 6.07) is 4.95. The van der Waals surface area contributed by atoms with Gasteiger partial charge in [-0.15, -0.1) is 0 Å². The standard InChI is InChI=1S/C10H14N2O3/c1-3-15-7-8-5-4-6-9(12(13)14)10(8)11-2/h4-6,11H,3,7H2,1-2H3. The summed E-state index contributed by atoms with van der Waals surface area (Å²) in [6.07, 6.45) is 0. The van der Waals surface area contributed by atoms with Crippen molar-refractivity contribution in [2.45, 2.75) is 13.5 Å². The fourth-order valence-electron chi connectivity index (χ4n) is 1.36. The van der Waals surface area contributed by atoms with Crippen LogP contribution in [0.5, 0.6) is 0 Å². The predicted molar refractivity (Wildman–Crippen MR) is 58.0 cm³/mol. The Morgan fingerprint density at radius 3 is 2.80 bits per heavy atom. The maximum Gasteiger partial charge on any atom is 0.292 e. The zero-order valence-corrected chi connectivity index (χ0v) is 8.82. The van der Waals surface area contributed by atoms with Crippen LogP contribution in [0.1, 0.15) is 12.5 Å². The van der Waals surface area contributed by atoms with Gasteiger partial charge in [-0.2, -0.15) is 0 Å². The molecule has 15 heavy (non-hydrogen) atoms. The van der Waals surface area contributed by atoms with Crippen LogP contribution in [-0.4, -0.2) is 18.6 Å². The van der Waals surface area contributed by atoms with E-state index < -0.39 is 4.92 Å². The molecule has 0 saturated carbocycles. The van der Waals surface area contributed by atoms with Gasteiger partial charge in [0.05, 0.1) is 11.5 Å². The number of ether oxygens (including phenoxy) is 1. The van der Waals surface area contributed by atoms with Gasteiger partial charge in [0, 0.05) is 25.3 Å². The second-order valence-corrected chi connectivity index (χ2v) is 2.96. The van der Waals surface area contributed by atoms with Gasteiger partial charge >= 0.3 is 0 Å². The Kier molecular flexibility index (Phi) is 4.05. The van der Waals surface area contributed by atoms with Crippen molar-refractivity contribution in [1.29, 1.82) is 0 Å². The van der Waals surface area contributed by atoms with Crippen molar-refractivity contribution in [2.75, 3.05) is 19.0 Å². The third kappa shape index (κ3) is 2.66. The summed E-state index contributed by atoms with van der Waals surface area (Å²) in [5, 5.41) is 13.6. The Morgan fingerprint density at radius 2 is 2.27 bits per heavy atom. The number of rotatable bonds is 5. The van der Waals surface area contributed by atoms with Gasteiger partial charge in [0.2, 0.25) is 0 Å². The third-order valence-corrected chi connectivity index (χ3v) is 2.04. The Bertz CT molecular complexity index is 353. The van der Waals surface area contributed by atoms with Crippen LogP contribution < -0.4 is 5.32 Å². The molecule has 0 heterocycles. The molecule has 0 unspecified atom stereocenters. The Labute approximate surface area is 88.2 Å². The number of para-hydroxylation sites is 1. The van der Waals surface area contributed by atoms with Gasteiger partial charge in [-0.25, -0.2) is 0 Å². The summed E-state index contributed by atoms with van der Waals surface area (Å²) in [7, 11) is 1.66. The van der Waals surface area contributed by atoms with E-state index in [2.05, 4.69) is 5.32 Å². The van der Waals surface area contributed by atoms with Crippen molar-refractivity contribution in [3.8, 4) is 0 Å². The van der Waals surface area contributed by atoms with Crippen LogP contribution in [-0.2, 0) is 11.3 Å². The van der Waals surface area contributed by atoms with Crippen molar-refractivity contribution in [2.24, 2.45) is 0 Å². The SMILES string of the molecule is CCOCc1cccc([N+](=O)[O-])c1NC. The van der Waals surface area contributed by atoms with Gasteiger partial charge in [-0.3, -0.25) is 10.1 Å². The summed E-state index contributed by atoms with van der Waals surface area (Å²) in [5.74, 6) is 0. The van der Waals surface area contributed by atoms with Gasteiger partial charge in [0.25, 0.3) is 5.69 Å². The van der Waals surface area contributed by atoms with E-state index >= 15 is 0 Å². The number of nitro benzene ring substituents is 1. The molecule has 0 bridgehead atoms. The van der Waals surface area contributed by atoms with E-state index in [9.17, 15) is 10.1 Å². The summed E-state index contributed by atoms with van der Waals surface area (Å²) in [4.78, 5) is 10.3. The quantitative estimate of drug-likeness (QED) is 0.597. The molecule has 0 aromatic heterocycles. The van der Waals surface area contributed by atoms with Gasteiger partial charge in [-0.05, 0) is 6.92 Å². The lowest BCUT2D eigenvalue weighted by Crippen LogP contribution is -2.02. The highest BCUT2D eigenvalue weighted by Crippen LogP contribution is 2.28. The van der Waals surface area contributed by atoms with Crippen LogP contribution in [0.2, 0.25) is 0 Å². The number of nitrogens with one attached hydrogen (secondary N) is 1. The molecule has 0 spiro atoms. The fraction of sp³-hybridized carbons (Fsp3) is 0.400. The monoisotopic (exact) mass is 210 g/mol. The highest BCUT2D eigenvalue weighted by Gasteiger charge is 2.15. The molecule has 1 aromatic rings. The average molecular weight is 210 g/mol. The van der Waals surface area contributed by atoms with Crippen molar-refractivity contribution in [3.05, 3.63) is 33.9 Å². The first-order valence-corrected chi connectivity index (χ1v) is 4.72. The molecular weight excluding hydrogens is 196 g/mol. The molecule has 0 amide bonds. The number of nitrogens with zero attached hydrogens (tertiary/aromatic N) is 1. The summed E-state index contributed by atoms with van der Waals surface area (Å²) >= 11 is 0. The third-order valence-electron chi connectivity index (χ3n) is 2.04. The molecular formula is C10H14N2O3. The lowest BCUT2D eigenvalue weighted by atomic mass is 10.1. The highest BCUT2D eigenvalue weighted by atomic mass is 16.6. The smallest absolute Gasteiger partial charge is 0.292 e. The number of hydrogen-bond acceptors (Lipinski definition) is 4. The molecule has 1 N–H and O–H groups in total. The molecule has 0 fully saturated rings. The van der Waals surface area contributed by atoms with Gasteiger partial charge < -0.3 is 10.1 Å². The van der Waals surface area contributed by atoms with Crippen LogP contribution in [0.25, 0.3) is 0 Å². The minimum atomic E-state index is -0.402. The minimum absolute atomic E-state index is 0.0784. The first-order chi connectivity index (χ1) is 7.20. The Balaban J connectivity index is 3.04. The zero-order chi connectivity index (χ0) is 11.3. The van der Waals surface area contributed by atoms with Crippen LogP contribution in [0, 0.1) is 10.1 Å². The van der Waals surface area contributed by atoms with E-state index in [1.54, 1.807) is 13.1 Å². The Hall–Kier alpha value is -1.62. The second kappa shape index (κ2) is 5.31. The molecule has 5 nitrogen and oxygen atoms in total. The minimum Gasteiger partial charge on any atom is -0.382 e. The topological polar surface area (TPSA) is 64.4 Å². The number of nitro groups is 1. The summed E-state index contributed by atoms with van der Waals surface area (Å²) < 4.78 is 5.23. The molecule has 5 heteroatoms. The molecule has 0 aliphatic heterocycles. The lowest BCUT2D eigenvalue weighted by Gasteiger charge is -2.08. The van der Waals surface area contributed by atoms with E-state index in [0.717, 1.165) is 5.56 Å². The molecule has 1 rings (SSSR count).